The van der Waals surface area contributed by atoms with Crippen molar-refractivity contribution in [1.29, 1.82) is 0 Å². The number of urea groups is 1. The SMILES string of the molecule is C[C@H](CCc1ccccc1)NC(=O)CNC(=O)N1CC(=O)Nc2ccccc21. The van der Waals surface area contributed by atoms with Crippen LogP contribution in [0.1, 0.15) is 18.9 Å². The standard InChI is InChI=1S/C21H24N4O3/c1-15(11-12-16-7-3-2-4-8-16)23-19(26)13-22-21(28)25-14-20(27)24-17-9-5-6-10-18(17)25/h2-10,15H,11-14H2,1H3,(H,22,28)(H,23,26)(H,24,27)/t15-/m1/s1. The molecule has 1 heterocycles. The van der Waals surface area contributed by atoms with E-state index in [1.807, 2.05) is 25.1 Å². The van der Waals surface area contributed by atoms with Crippen LogP contribution in [0.15, 0.2) is 54.6 Å². The number of anilines is 2. The molecule has 0 aromatic heterocycles. The van der Waals surface area contributed by atoms with Crippen LogP contribution >= 0.6 is 0 Å². The number of amides is 4. The molecule has 1 atom stereocenters. The Morgan fingerprint density at radius 2 is 1.82 bits per heavy atom. The maximum atomic E-state index is 12.5. The Balaban J connectivity index is 1.46. The Morgan fingerprint density at radius 3 is 2.61 bits per heavy atom. The first-order valence-electron chi connectivity index (χ1n) is 9.30. The van der Waals surface area contributed by atoms with Crippen molar-refractivity contribution in [2.45, 2.75) is 25.8 Å². The van der Waals surface area contributed by atoms with Gasteiger partial charge in [-0.3, -0.25) is 14.5 Å². The predicted molar refractivity (Wildman–Crippen MR) is 108 cm³/mol. The Bertz CT molecular complexity index is 854. The van der Waals surface area contributed by atoms with E-state index in [9.17, 15) is 14.4 Å². The minimum Gasteiger partial charge on any atom is -0.352 e. The van der Waals surface area contributed by atoms with Gasteiger partial charge in [0.25, 0.3) is 0 Å². The van der Waals surface area contributed by atoms with Gasteiger partial charge in [0.15, 0.2) is 0 Å². The smallest absolute Gasteiger partial charge is 0.322 e. The lowest BCUT2D eigenvalue weighted by atomic mass is 10.1. The van der Waals surface area contributed by atoms with E-state index in [1.165, 1.54) is 10.5 Å². The highest BCUT2D eigenvalue weighted by molar-refractivity contribution is 6.09. The van der Waals surface area contributed by atoms with E-state index < -0.39 is 6.03 Å². The minimum absolute atomic E-state index is 0.00824. The fourth-order valence-corrected chi connectivity index (χ4v) is 3.09. The Morgan fingerprint density at radius 1 is 1.11 bits per heavy atom. The summed E-state index contributed by atoms with van der Waals surface area (Å²) < 4.78 is 0. The van der Waals surface area contributed by atoms with Gasteiger partial charge in [0.2, 0.25) is 11.8 Å². The first-order valence-corrected chi connectivity index (χ1v) is 9.30. The largest absolute Gasteiger partial charge is 0.352 e. The summed E-state index contributed by atoms with van der Waals surface area (Å²) in [4.78, 5) is 37.7. The molecule has 1 aliphatic rings. The van der Waals surface area contributed by atoms with Crippen LogP contribution in [-0.2, 0) is 16.0 Å². The molecule has 0 radical (unpaired) electrons. The number of benzene rings is 2. The molecule has 0 fully saturated rings. The molecule has 146 valence electrons. The number of carbonyl (C=O) groups is 3. The number of nitrogens with one attached hydrogen (secondary N) is 3. The van der Waals surface area contributed by atoms with Gasteiger partial charge in [0, 0.05) is 6.04 Å². The van der Waals surface area contributed by atoms with Crippen LogP contribution in [0.25, 0.3) is 0 Å². The summed E-state index contributed by atoms with van der Waals surface area (Å²) in [6, 6.07) is 16.6. The second kappa shape index (κ2) is 9.03. The van der Waals surface area contributed by atoms with Crippen molar-refractivity contribution in [3.8, 4) is 0 Å². The molecule has 1 aliphatic heterocycles. The van der Waals surface area contributed by atoms with Gasteiger partial charge in [0.1, 0.15) is 6.54 Å². The molecular weight excluding hydrogens is 356 g/mol. The maximum Gasteiger partial charge on any atom is 0.322 e. The van der Waals surface area contributed by atoms with Gasteiger partial charge >= 0.3 is 6.03 Å². The number of hydrogen-bond donors (Lipinski definition) is 3. The zero-order chi connectivity index (χ0) is 19.9. The molecule has 4 amide bonds. The van der Waals surface area contributed by atoms with E-state index in [4.69, 9.17) is 0 Å². The zero-order valence-electron chi connectivity index (χ0n) is 15.8. The molecule has 0 saturated heterocycles. The minimum atomic E-state index is -0.477. The van der Waals surface area contributed by atoms with Crippen LogP contribution in [0.2, 0.25) is 0 Å². The van der Waals surface area contributed by atoms with Gasteiger partial charge in [-0.1, -0.05) is 42.5 Å². The summed E-state index contributed by atoms with van der Waals surface area (Å²) in [6.07, 6.45) is 1.68. The van der Waals surface area contributed by atoms with Crippen molar-refractivity contribution >= 4 is 29.2 Å². The Kier molecular flexibility index (Phi) is 6.26. The molecule has 28 heavy (non-hydrogen) atoms. The number of hydrogen-bond acceptors (Lipinski definition) is 3. The summed E-state index contributed by atoms with van der Waals surface area (Å²) in [5.74, 6) is -0.531. The number of fused-ring (bicyclic) bond motifs is 1. The molecule has 2 aromatic carbocycles. The van der Waals surface area contributed by atoms with E-state index in [1.54, 1.807) is 24.3 Å². The quantitative estimate of drug-likeness (QED) is 0.718. The number of para-hydroxylation sites is 2. The zero-order valence-corrected chi connectivity index (χ0v) is 15.8. The molecule has 0 bridgehead atoms. The first-order chi connectivity index (χ1) is 13.5. The molecule has 2 aromatic rings. The average Bonchev–Trinajstić information content (AvgIpc) is 2.70. The second-order valence-corrected chi connectivity index (χ2v) is 6.80. The Hall–Kier alpha value is -3.35. The lowest BCUT2D eigenvalue weighted by Gasteiger charge is -2.29. The third kappa shape index (κ3) is 5.09. The highest BCUT2D eigenvalue weighted by Gasteiger charge is 2.26. The number of rotatable bonds is 6. The van der Waals surface area contributed by atoms with Crippen LogP contribution < -0.4 is 20.9 Å². The summed E-state index contributed by atoms with van der Waals surface area (Å²) in [5.41, 5.74) is 2.41. The van der Waals surface area contributed by atoms with Crippen molar-refractivity contribution in [2.75, 3.05) is 23.3 Å². The molecular formula is C21H24N4O3. The fraction of sp³-hybridized carbons (Fsp3) is 0.286. The van der Waals surface area contributed by atoms with E-state index >= 15 is 0 Å². The number of carbonyl (C=O) groups excluding carboxylic acids is 3. The van der Waals surface area contributed by atoms with Crippen molar-refractivity contribution in [3.63, 3.8) is 0 Å². The molecule has 3 N–H and O–H groups in total. The molecule has 0 saturated carbocycles. The van der Waals surface area contributed by atoms with Gasteiger partial charge in [-0.05, 0) is 37.5 Å². The van der Waals surface area contributed by atoms with Crippen molar-refractivity contribution in [3.05, 3.63) is 60.2 Å². The molecule has 7 heteroatoms. The topological polar surface area (TPSA) is 90.5 Å². The number of nitrogens with zero attached hydrogens (tertiary/aromatic N) is 1. The lowest BCUT2D eigenvalue weighted by molar-refractivity contribution is -0.120. The third-order valence-electron chi connectivity index (χ3n) is 4.53. The highest BCUT2D eigenvalue weighted by Crippen LogP contribution is 2.28. The first kappa shape index (κ1) is 19.4. The fourth-order valence-electron chi connectivity index (χ4n) is 3.09. The molecule has 0 aliphatic carbocycles. The molecule has 0 spiro atoms. The van der Waals surface area contributed by atoms with Crippen LogP contribution in [0.3, 0.4) is 0 Å². The lowest BCUT2D eigenvalue weighted by Crippen LogP contribution is -2.50. The summed E-state index contributed by atoms with van der Waals surface area (Å²) in [6.45, 7) is 1.71. The van der Waals surface area contributed by atoms with E-state index in [2.05, 4.69) is 28.1 Å². The van der Waals surface area contributed by atoms with Gasteiger partial charge in [-0.25, -0.2) is 4.79 Å². The van der Waals surface area contributed by atoms with Crippen LogP contribution in [0.4, 0.5) is 16.2 Å². The monoisotopic (exact) mass is 380 g/mol. The van der Waals surface area contributed by atoms with E-state index in [-0.39, 0.29) is 30.9 Å². The van der Waals surface area contributed by atoms with Gasteiger partial charge in [-0.2, -0.15) is 0 Å². The summed E-state index contributed by atoms with van der Waals surface area (Å²) in [7, 11) is 0. The van der Waals surface area contributed by atoms with Crippen LogP contribution in [0.5, 0.6) is 0 Å². The van der Waals surface area contributed by atoms with Gasteiger partial charge in [0.05, 0.1) is 17.9 Å². The van der Waals surface area contributed by atoms with Crippen molar-refractivity contribution in [2.24, 2.45) is 0 Å². The third-order valence-corrected chi connectivity index (χ3v) is 4.53. The van der Waals surface area contributed by atoms with Gasteiger partial charge < -0.3 is 16.0 Å². The van der Waals surface area contributed by atoms with E-state index in [0.717, 1.165) is 12.8 Å². The molecule has 7 nitrogen and oxygen atoms in total. The van der Waals surface area contributed by atoms with Gasteiger partial charge in [-0.15, -0.1) is 0 Å². The Labute approximate surface area is 164 Å². The maximum absolute atomic E-state index is 12.5. The predicted octanol–water partition coefficient (Wildman–Crippen LogP) is 2.29. The second-order valence-electron chi connectivity index (χ2n) is 6.80. The summed E-state index contributed by atoms with van der Waals surface area (Å²) >= 11 is 0. The molecule has 3 rings (SSSR count). The van der Waals surface area contributed by atoms with Crippen molar-refractivity contribution < 1.29 is 14.4 Å². The van der Waals surface area contributed by atoms with Crippen LogP contribution in [-0.4, -0.2) is 37.0 Å². The van der Waals surface area contributed by atoms with E-state index in [0.29, 0.717) is 11.4 Å². The average molecular weight is 380 g/mol. The summed E-state index contributed by atoms with van der Waals surface area (Å²) in [5, 5.41) is 8.20. The normalized spacial score (nSPS) is 13.9. The molecule has 0 unspecified atom stereocenters. The van der Waals surface area contributed by atoms with Crippen LogP contribution in [0, 0.1) is 0 Å². The number of aryl methyl sites for hydroxylation is 1. The highest BCUT2D eigenvalue weighted by atomic mass is 16.2. The van der Waals surface area contributed by atoms with Crippen molar-refractivity contribution in [1.82, 2.24) is 10.6 Å².